The molecular weight excluding hydrogens is 319 g/mol. The van der Waals surface area contributed by atoms with Crippen molar-refractivity contribution in [1.29, 1.82) is 5.26 Å². The van der Waals surface area contributed by atoms with E-state index in [0.29, 0.717) is 5.56 Å². The molecule has 0 aliphatic rings. The Balaban J connectivity index is 2.01. The zero-order chi connectivity index (χ0) is 16.9. The fourth-order valence-corrected chi connectivity index (χ4v) is 3.09. The van der Waals surface area contributed by atoms with Gasteiger partial charge in [0, 0.05) is 6.54 Å². The van der Waals surface area contributed by atoms with Crippen LogP contribution in [0.2, 0.25) is 0 Å². The van der Waals surface area contributed by atoms with E-state index in [0.717, 1.165) is 18.2 Å². The zero-order valence-corrected chi connectivity index (χ0v) is 12.9. The van der Waals surface area contributed by atoms with Crippen molar-refractivity contribution in [1.82, 2.24) is 4.72 Å². The molecule has 0 aliphatic carbocycles. The third kappa shape index (κ3) is 4.36. The van der Waals surface area contributed by atoms with E-state index < -0.39 is 21.9 Å². The number of halogens is 1. The Bertz CT molecular complexity index is 817. The number of sulfonamides is 1. The molecule has 0 amide bonds. The first-order valence-electron chi connectivity index (χ1n) is 6.86. The van der Waals surface area contributed by atoms with E-state index in [1.165, 1.54) is 0 Å². The molecule has 0 heterocycles. The van der Waals surface area contributed by atoms with Crippen LogP contribution in [-0.4, -0.2) is 20.1 Å². The number of nitrogens with one attached hydrogen (secondary N) is 1. The number of hydrogen-bond donors (Lipinski definition) is 2. The van der Waals surface area contributed by atoms with Gasteiger partial charge in [0.2, 0.25) is 10.0 Å². The van der Waals surface area contributed by atoms with Crippen LogP contribution in [0.15, 0.2) is 53.4 Å². The van der Waals surface area contributed by atoms with Crippen LogP contribution in [0.3, 0.4) is 0 Å². The van der Waals surface area contributed by atoms with Crippen LogP contribution in [0.5, 0.6) is 0 Å². The molecule has 2 N–H and O–H groups in total. The van der Waals surface area contributed by atoms with Gasteiger partial charge in [0.05, 0.1) is 16.6 Å². The highest BCUT2D eigenvalue weighted by Gasteiger charge is 2.17. The van der Waals surface area contributed by atoms with Gasteiger partial charge in [-0.1, -0.05) is 30.3 Å². The van der Waals surface area contributed by atoms with Gasteiger partial charge in [-0.25, -0.2) is 17.5 Å². The van der Waals surface area contributed by atoms with Gasteiger partial charge in [-0.2, -0.15) is 5.26 Å². The fourth-order valence-electron chi connectivity index (χ4n) is 2.01. The maximum absolute atomic E-state index is 13.2. The van der Waals surface area contributed by atoms with Crippen molar-refractivity contribution in [2.24, 2.45) is 0 Å². The predicted molar refractivity (Wildman–Crippen MR) is 82.3 cm³/mol. The first-order valence-corrected chi connectivity index (χ1v) is 8.34. The Kier molecular flexibility index (Phi) is 5.45. The lowest BCUT2D eigenvalue weighted by Gasteiger charge is -2.12. The number of nitrogens with zero attached hydrogens (tertiary/aromatic N) is 1. The van der Waals surface area contributed by atoms with Gasteiger partial charge >= 0.3 is 0 Å². The molecule has 1 atom stereocenters. The number of nitriles is 1. The number of hydrogen-bond acceptors (Lipinski definition) is 4. The van der Waals surface area contributed by atoms with Crippen LogP contribution in [-0.2, 0) is 10.0 Å². The summed E-state index contributed by atoms with van der Waals surface area (Å²) in [6.07, 6.45) is -0.600. The molecule has 0 radical (unpaired) electrons. The van der Waals surface area contributed by atoms with Gasteiger partial charge in [-0.15, -0.1) is 0 Å². The van der Waals surface area contributed by atoms with Crippen LogP contribution in [0.1, 0.15) is 23.7 Å². The number of rotatable bonds is 6. The van der Waals surface area contributed by atoms with Gasteiger partial charge in [0.25, 0.3) is 0 Å². The Morgan fingerprint density at radius 1 is 1.22 bits per heavy atom. The molecule has 2 aromatic carbocycles. The number of benzene rings is 2. The third-order valence-corrected chi connectivity index (χ3v) is 4.72. The van der Waals surface area contributed by atoms with Gasteiger partial charge in [-0.05, 0) is 30.2 Å². The molecule has 0 aliphatic heterocycles. The van der Waals surface area contributed by atoms with Crippen molar-refractivity contribution in [3.63, 3.8) is 0 Å². The standard InChI is InChI=1S/C16H15FN2O3S/c17-15-7-6-14(10-13(15)11-18)23(21,22)19-9-8-16(20)12-4-2-1-3-5-12/h1-7,10,16,19-20H,8-9H2/t16-/m0/s1. The molecule has 120 valence electrons. The highest BCUT2D eigenvalue weighted by atomic mass is 32.2. The molecule has 0 saturated carbocycles. The molecule has 0 fully saturated rings. The van der Waals surface area contributed by atoms with Gasteiger partial charge in [-0.3, -0.25) is 0 Å². The molecule has 7 heteroatoms. The SMILES string of the molecule is N#Cc1cc(S(=O)(=O)NCC[C@H](O)c2ccccc2)ccc1F. The highest BCUT2D eigenvalue weighted by molar-refractivity contribution is 7.89. The van der Waals surface area contributed by atoms with Gasteiger partial charge in [0.15, 0.2) is 0 Å². The van der Waals surface area contributed by atoms with Crippen molar-refractivity contribution in [3.05, 3.63) is 65.5 Å². The van der Waals surface area contributed by atoms with Crippen molar-refractivity contribution < 1.29 is 17.9 Å². The summed E-state index contributed by atoms with van der Waals surface area (Å²) in [4.78, 5) is -0.190. The van der Waals surface area contributed by atoms with Crippen LogP contribution >= 0.6 is 0 Å². The van der Waals surface area contributed by atoms with Crippen molar-refractivity contribution in [2.45, 2.75) is 17.4 Å². The number of aliphatic hydroxyl groups is 1. The van der Waals surface area contributed by atoms with E-state index in [-0.39, 0.29) is 23.4 Å². The van der Waals surface area contributed by atoms with Gasteiger partial charge in [0.1, 0.15) is 11.9 Å². The second kappa shape index (κ2) is 7.33. The van der Waals surface area contributed by atoms with E-state index in [1.54, 1.807) is 30.3 Å². The monoisotopic (exact) mass is 334 g/mol. The lowest BCUT2D eigenvalue weighted by atomic mass is 10.1. The molecule has 2 rings (SSSR count). The van der Waals surface area contributed by atoms with E-state index in [1.807, 2.05) is 6.07 Å². The normalized spacial score (nSPS) is 12.6. The average Bonchev–Trinajstić information content (AvgIpc) is 2.55. The minimum Gasteiger partial charge on any atom is -0.388 e. The van der Waals surface area contributed by atoms with Crippen LogP contribution in [0.25, 0.3) is 0 Å². The molecule has 0 unspecified atom stereocenters. The smallest absolute Gasteiger partial charge is 0.240 e. The topological polar surface area (TPSA) is 90.2 Å². The molecule has 0 saturated heterocycles. The highest BCUT2D eigenvalue weighted by Crippen LogP contribution is 2.17. The predicted octanol–water partition coefficient (Wildman–Crippen LogP) is 2.10. The minimum absolute atomic E-state index is 0.0116. The molecule has 5 nitrogen and oxygen atoms in total. The molecule has 0 bridgehead atoms. The van der Waals surface area contributed by atoms with E-state index in [4.69, 9.17) is 5.26 Å². The second-order valence-corrected chi connectivity index (χ2v) is 6.63. The maximum Gasteiger partial charge on any atom is 0.240 e. The summed E-state index contributed by atoms with van der Waals surface area (Å²) in [5.41, 5.74) is 0.359. The Hall–Kier alpha value is -2.27. The summed E-state index contributed by atoms with van der Waals surface area (Å²) < 4.78 is 39.8. The summed E-state index contributed by atoms with van der Waals surface area (Å²) in [5.74, 6) is -0.772. The molecule has 23 heavy (non-hydrogen) atoms. The van der Waals surface area contributed by atoms with Crippen molar-refractivity contribution in [3.8, 4) is 6.07 Å². The van der Waals surface area contributed by atoms with Gasteiger partial charge < -0.3 is 5.11 Å². The largest absolute Gasteiger partial charge is 0.388 e. The van der Waals surface area contributed by atoms with Crippen LogP contribution in [0.4, 0.5) is 4.39 Å². The first kappa shape index (κ1) is 17.1. The van der Waals surface area contributed by atoms with Crippen molar-refractivity contribution in [2.75, 3.05) is 6.54 Å². The molecule has 2 aromatic rings. The fraction of sp³-hybridized carbons (Fsp3) is 0.188. The Labute approximate surface area is 134 Å². The molecule has 0 aromatic heterocycles. The van der Waals surface area contributed by atoms with E-state index >= 15 is 0 Å². The van der Waals surface area contributed by atoms with Crippen LogP contribution in [0, 0.1) is 17.1 Å². The average molecular weight is 334 g/mol. The lowest BCUT2D eigenvalue weighted by Crippen LogP contribution is -2.26. The Morgan fingerprint density at radius 2 is 1.91 bits per heavy atom. The summed E-state index contributed by atoms with van der Waals surface area (Å²) in [6, 6.07) is 13.5. The van der Waals surface area contributed by atoms with E-state index in [9.17, 15) is 17.9 Å². The summed E-state index contributed by atoms with van der Waals surface area (Å²) in [5, 5.41) is 18.7. The lowest BCUT2D eigenvalue weighted by molar-refractivity contribution is 0.169. The zero-order valence-electron chi connectivity index (χ0n) is 12.1. The molecule has 0 spiro atoms. The molecular formula is C16H15FN2O3S. The summed E-state index contributed by atoms with van der Waals surface area (Å²) >= 11 is 0. The first-order chi connectivity index (χ1) is 10.9. The second-order valence-electron chi connectivity index (χ2n) is 4.87. The maximum atomic E-state index is 13.2. The number of aliphatic hydroxyl groups excluding tert-OH is 1. The minimum atomic E-state index is -3.87. The summed E-state index contributed by atoms with van der Waals surface area (Å²) in [6.45, 7) is 0.0116. The third-order valence-electron chi connectivity index (χ3n) is 3.26. The van der Waals surface area contributed by atoms with Crippen molar-refractivity contribution >= 4 is 10.0 Å². The summed E-state index contributed by atoms with van der Waals surface area (Å²) in [7, 11) is -3.87. The Morgan fingerprint density at radius 3 is 2.57 bits per heavy atom. The van der Waals surface area contributed by atoms with E-state index in [2.05, 4.69) is 4.72 Å². The van der Waals surface area contributed by atoms with Crippen LogP contribution < -0.4 is 4.72 Å². The quantitative estimate of drug-likeness (QED) is 0.846.